The van der Waals surface area contributed by atoms with Crippen LogP contribution in [0.5, 0.6) is 5.75 Å². The number of aliphatic hydroxyl groups excluding tert-OH is 2. The number of benzene rings is 2. The molecule has 0 unspecified atom stereocenters. The minimum absolute atomic E-state index is 0. The Morgan fingerprint density at radius 3 is 2.26 bits per heavy atom. The van der Waals surface area contributed by atoms with Gasteiger partial charge in [0.05, 0.1) is 37.1 Å². The zero-order valence-electron chi connectivity index (χ0n) is 20.6. The smallest absolute Gasteiger partial charge is 0.416 e. The first kappa shape index (κ1) is 31.9. The maximum absolute atomic E-state index is 12.8. The zero-order valence-corrected chi connectivity index (χ0v) is 22.3. The molecule has 4 rings (SSSR count). The van der Waals surface area contributed by atoms with Crippen molar-refractivity contribution in [3.63, 3.8) is 0 Å². The van der Waals surface area contributed by atoms with Crippen LogP contribution in [0.2, 0.25) is 0 Å². The van der Waals surface area contributed by atoms with E-state index < -0.39 is 42.0 Å². The Labute approximate surface area is 231 Å². The lowest BCUT2D eigenvalue weighted by Gasteiger charge is -2.41. The van der Waals surface area contributed by atoms with Crippen LogP contribution in [-0.2, 0) is 10.9 Å². The fourth-order valence-electron chi connectivity index (χ4n) is 4.85. The number of rotatable bonds is 7. The van der Waals surface area contributed by atoms with Crippen LogP contribution in [-0.4, -0.2) is 91.8 Å². The van der Waals surface area contributed by atoms with Gasteiger partial charge in [0.15, 0.2) is 0 Å². The van der Waals surface area contributed by atoms with Crippen molar-refractivity contribution >= 4 is 36.4 Å². The number of para-hydroxylation sites is 2. The third-order valence-electron chi connectivity index (χ3n) is 6.74. The number of amides is 1. The van der Waals surface area contributed by atoms with Gasteiger partial charge in [-0.15, -0.1) is 24.8 Å². The van der Waals surface area contributed by atoms with E-state index in [2.05, 4.69) is 15.1 Å². The molecule has 3 N–H and O–H groups in total. The molecule has 2 aromatic rings. The lowest BCUT2D eigenvalue weighted by Crippen LogP contribution is -2.57. The molecule has 0 aromatic heterocycles. The molecule has 38 heavy (non-hydrogen) atoms. The minimum Gasteiger partial charge on any atom is -0.495 e. The normalized spacial score (nSPS) is 23.8. The summed E-state index contributed by atoms with van der Waals surface area (Å²) in [5.41, 5.74) is 0.234. The van der Waals surface area contributed by atoms with Crippen molar-refractivity contribution in [2.45, 2.75) is 30.5 Å². The van der Waals surface area contributed by atoms with Gasteiger partial charge in [-0.3, -0.25) is 9.69 Å². The molecule has 0 spiro atoms. The van der Waals surface area contributed by atoms with Crippen molar-refractivity contribution < 1.29 is 37.7 Å². The fourth-order valence-corrected chi connectivity index (χ4v) is 4.85. The number of carbonyl (C=O) groups is 1. The largest absolute Gasteiger partial charge is 0.495 e. The lowest BCUT2D eigenvalue weighted by molar-refractivity contribution is -0.137. The molecular weight excluding hydrogens is 550 g/mol. The number of alkyl halides is 3. The van der Waals surface area contributed by atoms with Gasteiger partial charge in [-0.05, 0) is 36.4 Å². The summed E-state index contributed by atoms with van der Waals surface area (Å²) in [5.74, 6) is 0.230. The number of piperazine rings is 1. The highest BCUT2D eigenvalue weighted by atomic mass is 35.5. The van der Waals surface area contributed by atoms with Gasteiger partial charge in [0.2, 0.25) is 0 Å². The molecule has 2 aliphatic rings. The maximum atomic E-state index is 12.8. The van der Waals surface area contributed by atoms with Gasteiger partial charge in [-0.2, -0.15) is 13.2 Å². The molecule has 212 valence electrons. The number of anilines is 1. The molecule has 0 bridgehead atoms. The molecule has 4 atom stereocenters. The summed E-state index contributed by atoms with van der Waals surface area (Å²) in [5, 5.41) is 23.2. The van der Waals surface area contributed by atoms with Crippen LogP contribution in [0.4, 0.5) is 18.9 Å². The highest BCUT2D eigenvalue weighted by molar-refractivity contribution is 5.94. The number of halogens is 5. The van der Waals surface area contributed by atoms with Crippen LogP contribution in [0.25, 0.3) is 0 Å². The van der Waals surface area contributed by atoms with Crippen molar-refractivity contribution in [3.8, 4) is 5.75 Å². The summed E-state index contributed by atoms with van der Waals surface area (Å²) in [6.07, 6.45) is -6.84. The molecule has 0 aliphatic carbocycles. The second-order valence-electron chi connectivity index (χ2n) is 8.86. The van der Waals surface area contributed by atoms with Crippen LogP contribution in [0.15, 0.2) is 48.5 Å². The molecule has 13 heteroatoms. The van der Waals surface area contributed by atoms with E-state index >= 15 is 0 Å². The minimum atomic E-state index is -4.48. The Bertz CT molecular complexity index is 1040. The molecule has 2 heterocycles. The van der Waals surface area contributed by atoms with Gasteiger partial charge in [0.1, 0.15) is 18.0 Å². The first-order valence-electron chi connectivity index (χ1n) is 11.7. The van der Waals surface area contributed by atoms with Gasteiger partial charge >= 0.3 is 6.18 Å². The number of ether oxygens (including phenoxy) is 2. The first-order chi connectivity index (χ1) is 17.2. The molecule has 2 fully saturated rings. The topological polar surface area (TPSA) is 94.5 Å². The SMILES string of the molecule is COc1ccccc1N1CCN([C@@H]2[C@H](O)[C@H](CO)O[C@@H]2CNC(=O)c2ccc(C(F)(F)F)cc2)CC1.Cl.Cl. The average molecular weight is 582 g/mol. The highest BCUT2D eigenvalue weighted by Gasteiger charge is 2.47. The Balaban J connectivity index is 0.00000253. The predicted octanol–water partition coefficient (Wildman–Crippen LogP) is 2.60. The van der Waals surface area contributed by atoms with Crippen LogP contribution in [0, 0.1) is 0 Å². The van der Waals surface area contributed by atoms with Gasteiger partial charge in [-0.25, -0.2) is 0 Å². The van der Waals surface area contributed by atoms with Crippen LogP contribution >= 0.6 is 24.8 Å². The average Bonchev–Trinajstić information content (AvgIpc) is 3.21. The van der Waals surface area contributed by atoms with E-state index in [9.17, 15) is 28.2 Å². The van der Waals surface area contributed by atoms with E-state index in [4.69, 9.17) is 9.47 Å². The van der Waals surface area contributed by atoms with E-state index in [1.807, 2.05) is 24.3 Å². The summed E-state index contributed by atoms with van der Waals surface area (Å²) in [6.45, 7) is 2.25. The van der Waals surface area contributed by atoms with Gasteiger partial charge < -0.3 is 29.9 Å². The molecule has 8 nitrogen and oxygen atoms in total. The molecule has 2 saturated heterocycles. The van der Waals surface area contributed by atoms with Crippen molar-refractivity contribution in [2.75, 3.05) is 51.3 Å². The number of carbonyl (C=O) groups excluding carboxylic acids is 1. The van der Waals surface area contributed by atoms with Crippen molar-refractivity contribution in [1.29, 1.82) is 0 Å². The van der Waals surface area contributed by atoms with Crippen LogP contribution < -0.4 is 15.0 Å². The van der Waals surface area contributed by atoms with Crippen LogP contribution in [0.1, 0.15) is 15.9 Å². The first-order valence-corrected chi connectivity index (χ1v) is 11.7. The van der Waals surface area contributed by atoms with E-state index in [0.29, 0.717) is 26.2 Å². The molecule has 0 saturated carbocycles. The third kappa shape index (κ3) is 7.02. The Kier molecular flexibility index (Phi) is 11.5. The summed E-state index contributed by atoms with van der Waals surface area (Å²) >= 11 is 0. The lowest BCUT2D eigenvalue weighted by atomic mass is 10.0. The Morgan fingerprint density at radius 1 is 1.05 bits per heavy atom. The third-order valence-corrected chi connectivity index (χ3v) is 6.74. The highest BCUT2D eigenvalue weighted by Crippen LogP contribution is 2.32. The molecule has 0 radical (unpaired) electrons. The molecule has 2 aromatic carbocycles. The monoisotopic (exact) mass is 581 g/mol. The predicted molar refractivity (Wildman–Crippen MR) is 141 cm³/mol. The number of hydrogen-bond donors (Lipinski definition) is 3. The number of nitrogens with one attached hydrogen (secondary N) is 1. The number of nitrogens with zero attached hydrogens (tertiary/aromatic N) is 2. The number of methoxy groups -OCH3 is 1. The summed E-state index contributed by atoms with van der Waals surface area (Å²) < 4.78 is 49.7. The second-order valence-corrected chi connectivity index (χ2v) is 8.86. The summed E-state index contributed by atoms with van der Waals surface area (Å²) in [4.78, 5) is 16.8. The Morgan fingerprint density at radius 2 is 1.68 bits per heavy atom. The van der Waals surface area contributed by atoms with Crippen molar-refractivity contribution in [2.24, 2.45) is 0 Å². The summed E-state index contributed by atoms with van der Waals surface area (Å²) in [6, 6.07) is 11.2. The van der Waals surface area contributed by atoms with Crippen molar-refractivity contribution in [1.82, 2.24) is 10.2 Å². The molecule has 1 amide bonds. The number of hydrogen-bond acceptors (Lipinski definition) is 7. The van der Waals surface area contributed by atoms with Gasteiger partial charge in [-0.1, -0.05) is 12.1 Å². The molecular formula is C25H32Cl2F3N3O5. The quantitative estimate of drug-likeness (QED) is 0.462. The zero-order chi connectivity index (χ0) is 25.9. The fraction of sp³-hybridized carbons (Fsp3) is 0.480. The van der Waals surface area contributed by atoms with E-state index in [1.54, 1.807) is 7.11 Å². The standard InChI is InChI=1S/C25H30F3N3O5.2ClH/c1-35-19-5-3-2-4-18(19)30-10-12-31(13-11-30)22-20(36-21(15-32)23(22)33)14-29-24(34)16-6-8-17(9-7-16)25(26,27)28;;/h2-9,20-23,32-33H,10-15H2,1H3,(H,29,34);2*1H/t20-,21+,22+,23-;;/m1../s1. The second kappa shape index (κ2) is 13.7. The van der Waals surface area contributed by atoms with E-state index in [-0.39, 0.29) is 43.5 Å². The maximum Gasteiger partial charge on any atom is 0.416 e. The Hall–Kier alpha value is -2.28. The van der Waals surface area contributed by atoms with E-state index in [1.165, 1.54) is 0 Å². The van der Waals surface area contributed by atoms with Crippen molar-refractivity contribution in [3.05, 3.63) is 59.7 Å². The summed E-state index contributed by atoms with van der Waals surface area (Å²) in [7, 11) is 1.62. The van der Waals surface area contributed by atoms with E-state index in [0.717, 1.165) is 35.7 Å². The van der Waals surface area contributed by atoms with Gasteiger partial charge in [0, 0.05) is 38.3 Å². The molecule has 2 aliphatic heterocycles. The van der Waals surface area contributed by atoms with Crippen LogP contribution in [0.3, 0.4) is 0 Å². The number of aliphatic hydroxyl groups is 2. The van der Waals surface area contributed by atoms with Gasteiger partial charge in [0.25, 0.3) is 5.91 Å².